The van der Waals surface area contributed by atoms with Crippen LogP contribution in [0.4, 0.5) is 15.9 Å². The number of aromatic nitrogens is 2. The van der Waals surface area contributed by atoms with Gasteiger partial charge in [-0.2, -0.15) is 5.26 Å². The topological polar surface area (TPSA) is 181 Å². The fraction of sp³-hybridized carbons (Fsp3) is 0.463. The lowest BCUT2D eigenvalue weighted by Gasteiger charge is -2.36. The molecule has 0 bridgehead atoms. The minimum atomic E-state index is -1.10. The van der Waals surface area contributed by atoms with Gasteiger partial charge in [-0.1, -0.05) is 11.6 Å². The number of nitriles is 1. The molecule has 3 aromatic rings. The maximum Gasteiger partial charge on any atom is 0.271 e. The molecule has 4 atom stereocenters. The average Bonchev–Trinajstić information content (AvgIpc) is 3.52. The molecule has 5 fully saturated rings. The van der Waals surface area contributed by atoms with E-state index in [0.29, 0.717) is 47.2 Å². The number of anilines is 2. The summed E-state index contributed by atoms with van der Waals surface area (Å²) in [6.07, 6.45) is 6.38. The molecule has 300 valence electrons. The molecule has 2 N–H and O–H groups in total. The highest BCUT2D eigenvalue weighted by molar-refractivity contribution is 6.31. The third-order valence-electron chi connectivity index (χ3n) is 12.6. The number of amides is 5. The van der Waals surface area contributed by atoms with E-state index in [1.807, 2.05) is 11.0 Å². The van der Waals surface area contributed by atoms with Gasteiger partial charge in [-0.25, -0.2) is 14.4 Å². The number of piperidine rings is 2. The Hall–Kier alpha value is -5.66. The van der Waals surface area contributed by atoms with Crippen molar-refractivity contribution in [3.63, 3.8) is 0 Å². The third-order valence-corrected chi connectivity index (χ3v) is 12.9. The van der Waals surface area contributed by atoms with Crippen LogP contribution in [0.5, 0.6) is 5.75 Å². The molecule has 1 unspecified atom stereocenters. The molecule has 3 saturated heterocycles. The molecule has 15 nitrogen and oxygen atoms in total. The highest BCUT2D eigenvalue weighted by atomic mass is 35.5. The largest absolute Gasteiger partial charge is 0.490 e. The second-order valence-electron chi connectivity index (χ2n) is 16.1. The van der Waals surface area contributed by atoms with Crippen LogP contribution in [0.15, 0.2) is 42.7 Å². The number of halogens is 2. The maximum atomic E-state index is 15.4. The quantitative estimate of drug-likeness (QED) is 0.302. The Morgan fingerprint density at radius 1 is 0.931 bits per heavy atom. The van der Waals surface area contributed by atoms with E-state index in [9.17, 15) is 24.0 Å². The van der Waals surface area contributed by atoms with Crippen molar-refractivity contribution in [3.05, 3.63) is 75.9 Å². The number of hydrogen-bond donors (Lipinski definition) is 2. The third kappa shape index (κ3) is 7.21. The Bertz CT molecular complexity index is 2230. The van der Waals surface area contributed by atoms with Gasteiger partial charge in [0.1, 0.15) is 35.2 Å². The molecule has 0 spiro atoms. The van der Waals surface area contributed by atoms with Gasteiger partial charge in [-0.05, 0) is 74.1 Å². The van der Waals surface area contributed by atoms with E-state index >= 15 is 4.39 Å². The molecule has 1 aromatic heterocycles. The summed E-state index contributed by atoms with van der Waals surface area (Å²) >= 11 is 6.14. The maximum absolute atomic E-state index is 15.4. The fourth-order valence-corrected chi connectivity index (χ4v) is 9.55. The predicted molar refractivity (Wildman–Crippen MR) is 207 cm³/mol. The lowest BCUT2D eigenvalue weighted by Crippen LogP contribution is -2.54. The number of carbonyl (C=O) groups is 5. The number of hydrogen-bond acceptors (Lipinski definition) is 12. The van der Waals surface area contributed by atoms with Gasteiger partial charge in [-0.3, -0.25) is 39.1 Å². The number of imide groups is 2. The molecule has 58 heavy (non-hydrogen) atoms. The monoisotopic (exact) mass is 809 g/mol. The first-order chi connectivity index (χ1) is 28.0. The van der Waals surface area contributed by atoms with Crippen molar-refractivity contribution in [2.75, 3.05) is 55.6 Å². The zero-order valence-electron chi connectivity index (χ0n) is 31.5. The van der Waals surface area contributed by atoms with Crippen LogP contribution in [0, 0.1) is 34.9 Å². The van der Waals surface area contributed by atoms with Gasteiger partial charge in [0.15, 0.2) is 0 Å². The highest BCUT2D eigenvalue weighted by Gasteiger charge is 2.56. The Morgan fingerprint density at radius 2 is 1.66 bits per heavy atom. The van der Waals surface area contributed by atoms with Crippen LogP contribution < -0.4 is 25.2 Å². The lowest BCUT2D eigenvalue weighted by molar-refractivity contribution is -0.136. The first kappa shape index (κ1) is 37.9. The number of nitrogens with zero attached hydrogens (tertiary/aromatic N) is 7. The number of piperazine rings is 1. The summed E-state index contributed by atoms with van der Waals surface area (Å²) in [5.41, 5.74) is 0.950. The summed E-state index contributed by atoms with van der Waals surface area (Å²) in [4.78, 5) is 79.8. The zero-order chi connectivity index (χ0) is 40.2. The molecule has 4 aliphatic heterocycles. The van der Waals surface area contributed by atoms with E-state index in [0.717, 1.165) is 75.2 Å². The van der Waals surface area contributed by atoms with Crippen LogP contribution in [0.2, 0.25) is 5.02 Å². The number of fused-ring (bicyclic) bond motifs is 2. The van der Waals surface area contributed by atoms with Crippen LogP contribution >= 0.6 is 11.6 Å². The molecule has 2 aliphatic carbocycles. The van der Waals surface area contributed by atoms with Crippen LogP contribution in [0.1, 0.15) is 75.3 Å². The molecular weight excluding hydrogens is 769 g/mol. The summed E-state index contributed by atoms with van der Waals surface area (Å²) in [5, 5.41) is 14.7. The van der Waals surface area contributed by atoms with Gasteiger partial charge < -0.3 is 19.9 Å². The minimum absolute atomic E-state index is 0.00726. The SMILES string of the molecule is N#Cc1ccc(OC2CCC(NC(=O)c3cnc(N4C[C@@H]5[C@@H](CN6CCN(c7cc8c(cc7F)C(=O)N(C7CCC(=O)NC7=O)C8=O)CC6)[C@@H]5C4)cn3)CC2)cc1Cl. The normalized spacial score (nSPS) is 26.9. The van der Waals surface area contributed by atoms with Crippen LogP contribution in [-0.4, -0.2) is 113 Å². The van der Waals surface area contributed by atoms with Crippen molar-refractivity contribution >= 4 is 52.6 Å². The van der Waals surface area contributed by atoms with Crippen molar-refractivity contribution in [2.45, 2.75) is 56.7 Å². The first-order valence-electron chi connectivity index (χ1n) is 19.8. The number of rotatable bonds is 9. The highest BCUT2D eigenvalue weighted by Crippen LogP contribution is 2.52. The van der Waals surface area contributed by atoms with Gasteiger partial charge in [0, 0.05) is 64.3 Å². The molecule has 2 saturated carbocycles. The van der Waals surface area contributed by atoms with Gasteiger partial charge >= 0.3 is 0 Å². The predicted octanol–water partition coefficient (Wildman–Crippen LogP) is 3.17. The van der Waals surface area contributed by atoms with Crippen molar-refractivity contribution in [3.8, 4) is 11.8 Å². The summed E-state index contributed by atoms with van der Waals surface area (Å²) in [5.74, 6) is -0.341. The van der Waals surface area contributed by atoms with Crippen molar-refractivity contribution < 1.29 is 33.1 Å². The van der Waals surface area contributed by atoms with Gasteiger partial charge in [0.05, 0.1) is 45.9 Å². The summed E-state index contributed by atoms with van der Waals surface area (Å²) in [6, 6.07) is 8.53. The summed E-state index contributed by atoms with van der Waals surface area (Å²) in [6.45, 7) is 5.26. The molecule has 17 heteroatoms. The molecule has 5 heterocycles. The first-order valence-corrected chi connectivity index (χ1v) is 20.2. The molecule has 5 amide bonds. The standard InChI is InChI=1S/C41H41ClFN9O6/c42-31-13-25(4-1-22(31)16-44)58-24-5-2-23(3-6-24)47-38(54)33-17-46-36(18-45-33)51-20-29-28(30(29)21-51)19-49-9-11-50(12-10-49)35-15-27-26(14-32(35)43)40(56)52(41(27)57)34-7-8-37(53)48-39(34)55/h1,4,13-15,17-18,23-24,28-30,34H,2-3,5-12,19-21H2,(H,47,54)(H,48,53,55)/t23?,24?,28-,29-,30+,34?. The molecule has 9 rings (SSSR count). The van der Waals surface area contributed by atoms with Crippen molar-refractivity contribution in [1.82, 2.24) is 30.4 Å². The van der Waals surface area contributed by atoms with Gasteiger partial charge in [0.2, 0.25) is 11.8 Å². The fourth-order valence-electron chi connectivity index (χ4n) is 9.34. The number of carbonyl (C=O) groups excluding carboxylic acids is 5. The van der Waals surface area contributed by atoms with E-state index in [2.05, 4.69) is 30.4 Å². The smallest absolute Gasteiger partial charge is 0.271 e. The van der Waals surface area contributed by atoms with Crippen LogP contribution in [0.3, 0.4) is 0 Å². The summed E-state index contributed by atoms with van der Waals surface area (Å²) < 4.78 is 21.5. The second kappa shape index (κ2) is 15.3. The Balaban J connectivity index is 0.712. The Labute approximate surface area is 338 Å². The number of ether oxygens (including phenoxy) is 1. The van der Waals surface area contributed by atoms with E-state index in [4.69, 9.17) is 21.6 Å². The second-order valence-corrected chi connectivity index (χ2v) is 16.5. The lowest BCUT2D eigenvalue weighted by atomic mass is 9.93. The van der Waals surface area contributed by atoms with E-state index in [1.165, 1.54) is 6.07 Å². The van der Waals surface area contributed by atoms with E-state index < -0.39 is 35.5 Å². The Kier molecular flexibility index (Phi) is 9.97. The van der Waals surface area contributed by atoms with Crippen molar-refractivity contribution in [2.24, 2.45) is 17.8 Å². The minimum Gasteiger partial charge on any atom is -0.490 e. The molecule has 2 aromatic carbocycles. The number of nitrogens with one attached hydrogen (secondary N) is 2. The molecule has 0 radical (unpaired) electrons. The molecular formula is C41H41ClFN9O6. The Morgan fingerprint density at radius 3 is 2.31 bits per heavy atom. The molecule has 6 aliphatic rings. The zero-order valence-corrected chi connectivity index (χ0v) is 32.3. The summed E-state index contributed by atoms with van der Waals surface area (Å²) in [7, 11) is 0. The van der Waals surface area contributed by atoms with Gasteiger partial charge in [-0.15, -0.1) is 0 Å². The average molecular weight is 810 g/mol. The van der Waals surface area contributed by atoms with E-state index in [1.54, 1.807) is 30.6 Å². The number of benzene rings is 2. The van der Waals surface area contributed by atoms with Crippen molar-refractivity contribution in [1.29, 1.82) is 5.26 Å². The van der Waals surface area contributed by atoms with Crippen LogP contribution in [-0.2, 0) is 9.59 Å². The van der Waals surface area contributed by atoms with Gasteiger partial charge in [0.25, 0.3) is 17.7 Å². The van der Waals surface area contributed by atoms with Crippen LogP contribution in [0.25, 0.3) is 0 Å². The van der Waals surface area contributed by atoms with E-state index in [-0.39, 0.29) is 53.4 Å².